The van der Waals surface area contributed by atoms with E-state index in [1.807, 2.05) is 18.3 Å². The maximum absolute atomic E-state index is 5.79. The smallest absolute Gasteiger partial charge is 0.0852 e. The number of H-pyrrole nitrogens is 1. The summed E-state index contributed by atoms with van der Waals surface area (Å²) < 4.78 is 1.65. The van der Waals surface area contributed by atoms with Gasteiger partial charge in [0.05, 0.1) is 11.4 Å². The Labute approximate surface area is 94.7 Å². The number of fused-ring (bicyclic) bond motifs is 1. The zero-order valence-electron chi connectivity index (χ0n) is 8.36. The molecule has 3 rings (SSSR count). The largest absolute Gasteiger partial charge is 0.357 e. The Morgan fingerprint density at radius 2 is 2.20 bits per heavy atom. The molecule has 0 fully saturated rings. The van der Waals surface area contributed by atoms with Crippen molar-refractivity contribution < 1.29 is 0 Å². The highest BCUT2D eigenvalue weighted by molar-refractivity contribution is 5.85. The van der Waals surface area contributed by atoms with Crippen LogP contribution in [0.25, 0.3) is 11.4 Å². The van der Waals surface area contributed by atoms with Crippen LogP contribution in [0.5, 0.6) is 0 Å². The van der Waals surface area contributed by atoms with Crippen molar-refractivity contribution >= 4 is 12.4 Å². The molecule has 0 radical (unpaired) electrons. The van der Waals surface area contributed by atoms with E-state index in [1.54, 1.807) is 4.68 Å². The number of hydrogen-bond donors (Lipinski definition) is 2. The minimum Gasteiger partial charge on any atom is -0.357 e. The van der Waals surface area contributed by atoms with Gasteiger partial charge in [0.15, 0.2) is 0 Å². The molecular formula is C11H14ClN3. The number of nitrogens with zero attached hydrogens (tertiary/aromatic N) is 1. The molecule has 3 nitrogen and oxygen atoms in total. The van der Waals surface area contributed by atoms with Gasteiger partial charge in [0.1, 0.15) is 0 Å². The molecule has 0 saturated heterocycles. The Kier molecular flexibility index (Phi) is 2.49. The van der Waals surface area contributed by atoms with Crippen LogP contribution in [-0.2, 0) is 12.8 Å². The number of nitrogens with one attached hydrogen (secondary N) is 1. The predicted octanol–water partition coefficient (Wildman–Crippen LogP) is 2.11. The highest BCUT2D eigenvalue weighted by atomic mass is 35.5. The second-order valence-electron chi connectivity index (χ2n) is 3.84. The van der Waals surface area contributed by atoms with Crippen LogP contribution in [0.15, 0.2) is 24.4 Å². The van der Waals surface area contributed by atoms with Gasteiger partial charge in [-0.25, -0.2) is 0 Å². The second-order valence-corrected chi connectivity index (χ2v) is 3.84. The van der Waals surface area contributed by atoms with Gasteiger partial charge in [0.2, 0.25) is 0 Å². The number of aromatic nitrogens is 2. The second kappa shape index (κ2) is 3.66. The lowest BCUT2D eigenvalue weighted by Crippen LogP contribution is -2.07. The molecule has 15 heavy (non-hydrogen) atoms. The fourth-order valence-corrected chi connectivity index (χ4v) is 2.20. The van der Waals surface area contributed by atoms with Gasteiger partial charge in [0, 0.05) is 11.9 Å². The molecule has 1 aliphatic rings. The Bertz CT molecular complexity index is 448. The van der Waals surface area contributed by atoms with Crippen LogP contribution in [0, 0.1) is 0 Å². The van der Waals surface area contributed by atoms with Gasteiger partial charge in [-0.1, -0.05) is 0 Å². The summed E-state index contributed by atoms with van der Waals surface area (Å²) in [4.78, 5) is 3.44. The van der Waals surface area contributed by atoms with E-state index in [0.717, 1.165) is 11.4 Å². The van der Waals surface area contributed by atoms with E-state index in [2.05, 4.69) is 11.1 Å². The SMILES string of the molecule is Cl.Nn1cccc1-c1cc2c([nH]1)CCC2. The third-order valence-electron chi connectivity index (χ3n) is 2.92. The summed E-state index contributed by atoms with van der Waals surface area (Å²) in [6.45, 7) is 0. The lowest BCUT2D eigenvalue weighted by atomic mass is 10.2. The molecule has 0 saturated carbocycles. The molecule has 0 atom stereocenters. The van der Waals surface area contributed by atoms with Crippen LogP contribution in [0.2, 0.25) is 0 Å². The zero-order valence-corrected chi connectivity index (χ0v) is 9.18. The van der Waals surface area contributed by atoms with Crippen molar-refractivity contribution in [2.75, 3.05) is 5.84 Å². The molecule has 4 heteroatoms. The summed E-state index contributed by atoms with van der Waals surface area (Å²) in [7, 11) is 0. The quantitative estimate of drug-likeness (QED) is 0.715. The van der Waals surface area contributed by atoms with Crippen molar-refractivity contribution in [3.8, 4) is 11.4 Å². The summed E-state index contributed by atoms with van der Waals surface area (Å²) in [5.74, 6) is 5.79. The summed E-state index contributed by atoms with van der Waals surface area (Å²) in [6.07, 6.45) is 5.53. The number of nitrogen functional groups attached to an aromatic ring is 1. The number of hydrogen-bond acceptors (Lipinski definition) is 1. The standard InChI is InChI=1S/C11H13N3.ClH/c12-14-6-2-5-11(14)10-7-8-3-1-4-9(8)13-10;/h2,5-7,13H,1,3-4,12H2;1H. The van der Waals surface area contributed by atoms with Gasteiger partial charge >= 0.3 is 0 Å². The van der Waals surface area contributed by atoms with Crippen molar-refractivity contribution in [3.63, 3.8) is 0 Å². The molecule has 0 spiro atoms. The average Bonchev–Trinajstić information content (AvgIpc) is 2.75. The first-order valence-electron chi connectivity index (χ1n) is 4.98. The predicted molar refractivity (Wildman–Crippen MR) is 63.6 cm³/mol. The van der Waals surface area contributed by atoms with Crippen LogP contribution in [0.3, 0.4) is 0 Å². The van der Waals surface area contributed by atoms with E-state index in [0.29, 0.717) is 0 Å². The molecular weight excluding hydrogens is 210 g/mol. The van der Waals surface area contributed by atoms with Gasteiger partial charge in [0.25, 0.3) is 0 Å². The Hall–Kier alpha value is -1.35. The lowest BCUT2D eigenvalue weighted by Gasteiger charge is -2.00. The van der Waals surface area contributed by atoms with Gasteiger partial charge in [-0.05, 0) is 43.0 Å². The maximum Gasteiger partial charge on any atom is 0.0852 e. The monoisotopic (exact) mass is 223 g/mol. The fraction of sp³-hybridized carbons (Fsp3) is 0.273. The van der Waals surface area contributed by atoms with Crippen LogP contribution < -0.4 is 5.84 Å². The minimum atomic E-state index is 0. The highest BCUT2D eigenvalue weighted by Gasteiger charge is 2.15. The third-order valence-corrected chi connectivity index (χ3v) is 2.92. The van der Waals surface area contributed by atoms with Crippen molar-refractivity contribution in [1.29, 1.82) is 0 Å². The molecule has 80 valence electrons. The Morgan fingerprint density at radius 1 is 1.33 bits per heavy atom. The molecule has 0 aliphatic heterocycles. The van der Waals surface area contributed by atoms with E-state index in [-0.39, 0.29) is 12.4 Å². The molecule has 1 aliphatic carbocycles. The molecule has 0 bridgehead atoms. The zero-order chi connectivity index (χ0) is 9.54. The number of rotatable bonds is 1. The van der Waals surface area contributed by atoms with Crippen molar-refractivity contribution in [2.24, 2.45) is 0 Å². The van der Waals surface area contributed by atoms with Crippen LogP contribution in [-0.4, -0.2) is 9.66 Å². The summed E-state index contributed by atoms with van der Waals surface area (Å²) >= 11 is 0. The first-order chi connectivity index (χ1) is 6.84. The van der Waals surface area contributed by atoms with Crippen molar-refractivity contribution in [3.05, 3.63) is 35.7 Å². The lowest BCUT2D eigenvalue weighted by molar-refractivity contribution is 0.892. The minimum absolute atomic E-state index is 0. The first kappa shape index (κ1) is 10.2. The van der Waals surface area contributed by atoms with Gasteiger partial charge in [-0.2, -0.15) is 0 Å². The number of halogens is 1. The molecule has 0 unspecified atom stereocenters. The summed E-state index contributed by atoms with van der Waals surface area (Å²) in [5, 5.41) is 0. The van der Waals surface area contributed by atoms with Gasteiger partial charge in [-0.3, -0.25) is 4.68 Å². The van der Waals surface area contributed by atoms with Gasteiger partial charge in [-0.15, -0.1) is 12.4 Å². The van der Waals surface area contributed by atoms with E-state index in [1.165, 1.54) is 30.5 Å². The molecule has 2 heterocycles. The first-order valence-corrected chi connectivity index (χ1v) is 4.98. The van der Waals surface area contributed by atoms with Crippen LogP contribution >= 0.6 is 12.4 Å². The maximum atomic E-state index is 5.79. The summed E-state index contributed by atoms with van der Waals surface area (Å²) in [5.41, 5.74) is 5.05. The molecule has 0 amide bonds. The normalized spacial score (nSPS) is 13.6. The van der Waals surface area contributed by atoms with E-state index < -0.39 is 0 Å². The fourth-order valence-electron chi connectivity index (χ4n) is 2.20. The number of aryl methyl sites for hydroxylation is 2. The number of nitrogens with two attached hydrogens (primary N) is 1. The van der Waals surface area contributed by atoms with Crippen LogP contribution in [0.4, 0.5) is 0 Å². The summed E-state index contributed by atoms with van der Waals surface area (Å²) in [6, 6.07) is 6.21. The van der Waals surface area contributed by atoms with E-state index in [4.69, 9.17) is 5.84 Å². The molecule has 2 aromatic rings. The Balaban J connectivity index is 0.000000853. The van der Waals surface area contributed by atoms with E-state index in [9.17, 15) is 0 Å². The highest BCUT2D eigenvalue weighted by Crippen LogP contribution is 2.27. The topological polar surface area (TPSA) is 46.7 Å². The van der Waals surface area contributed by atoms with E-state index >= 15 is 0 Å². The van der Waals surface area contributed by atoms with Crippen molar-refractivity contribution in [1.82, 2.24) is 9.66 Å². The Morgan fingerprint density at radius 3 is 2.87 bits per heavy atom. The average molecular weight is 224 g/mol. The van der Waals surface area contributed by atoms with Crippen LogP contribution in [0.1, 0.15) is 17.7 Å². The number of aromatic amines is 1. The molecule has 0 aromatic carbocycles. The third kappa shape index (κ3) is 1.53. The van der Waals surface area contributed by atoms with Gasteiger partial charge < -0.3 is 10.8 Å². The molecule has 2 aromatic heterocycles. The molecule has 3 N–H and O–H groups in total. The van der Waals surface area contributed by atoms with Crippen molar-refractivity contribution in [2.45, 2.75) is 19.3 Å².